The smallest absolute Gasteiger partial charge is 0.229 e. The van der Waals surface area contributed by atoms with Gasteiger partial charge in [0.25, 0.3) is 0 Å². The molecule has 0 unspecified atom stereocenters. The summed E-state index contributed by atoms with van der Waals surface area (Å²) in [5, 5.41) is 16.5. The topological polar surface area (TPSA) is 125 Å². The van der Waals surface area contributed by atoms with Crippen LogP contribution in [-0.2, 0) is 16.6 Å². The SMILES string of the molecule is COc1cccc(OC)c1CNC(=N)Nc1nc(-c2ccc(NS(C)(=O)=O)cc2)cs1. The molecule has 1 heterocycles. The Balaban J connectivity index is 1.62. The van der Waals surface area contributed by atoms with Gasteiger partial charge in [-0.3, -0.25) is 10.1 Å². The van der Waals surface area contributed by atoms with Crippen LogP contribution in [0.2, 0.25) is 0 Å². The van der Waals surface area contributed by atoms with Crippen LogP contribution in [0.1, 0.15) is 5.56 Å². The van der Waals surface area contributed by atoms with E-state index in [1.165, 1.54) is 11.3 Å². The van der Waals surface area contributed by atoms with E-state index < -0.39 is 10.0 Å². The fourth-order valence-corrected chi connectivity index (χ4v) is 4.11. The predicted octanol–water partition coefficient (Wildman–Crippen LogP) is 3.34. The van der Waals surface area contributed by atoms with Crippen molar-refractivity contribution in [2.45, 2.75) is 6.54 Å². The van der Waals surface area contributed by atoms with Crippen molar-refractivity contribution >= 4 is 38.1 Å². The fourth-order valence-electron chi connectivity index (χ4n) is 2.82. The Kier molecular flexibility index (Phi) is 6.98. The Morgan fingerprint density at radius 1 is 1.10 bits per heavy atom. The third-order valence-corrected chi connectivity index (χ3v) is 5.56. The molecule has 0 aliphatic rings. The van der Waals surface area contributed by atoms with E-state index in [0.29, 0.717) is 28.9 Å². The van der Waals surface area contributed by atoms with Crippen LogP contribution in [0.25, 0.3) is 11.3 Å². The van der Waals surface area contributed by atoms with E-state index in [-0.39, 0.29) is 5.96 Å². The number of benzene rings is 2. The Labute approximate surface area is 185 Å². The lowest BCUT2D eigenvalue weighted by Crippen LogP contribution is -2.29. The molecule has 11 heteroatoms. The number of aromatic nitrogens is 1. The van der Waals surface area contributed by atoms with Gasteiger partial charge in [-0.05, 0) is 24.3 Å². The van der Waals surface area contributed by atoms with Crippen LogP contribution in [0.15, 0.2) is 47.8 Å². The molecule has 0 fully saturated rings. The average molecular weight is 462 g/mol. The maximum atomic E-state index is 11.3. The molecular formula is C20H23N5O4S2. The summed E-state index contributed by atoms with van der Waals surface area (Å²) in [4.78, 5) is 4.49. The summed E-state index contributed by atoms with van der Waals surface area (Å²) in [6.07, 6.45) is 1.10. The van der Waals surface area contributed by atoms with Crippen LogP contribution in [0, 0.1) is 5.41 Å². The maximum absolute atomic E-state index is 11.3. The number of hydrogen-bond donors (Lipinski definition) is 4. The first-order valence-corrected chi connectivity index (χ1v) is 11.9. The highest BCUT2D eigenvalue weighted by Gasteiger charge is 2.11. The first-order chi connectivity index (χ1) is 14.8. The summed E-state index contributed by atoms with van der Waals surface area (Å²) < 4.78 is 35.8. The molecule has 0 amide bonds. The van der Waals surface area contributed by atoms with E-state index in [1.807, 2.05) is 23.6 Å². The van der Waals surface area contributed by atoms with E-state index in [9.17, 15) is 8.42 Å². The molecule has 0 saturated carbocycles. The lowest BCUT2D eigenvalue weighted by Gasteiger charge is -2.14. The fraction of sp³-hybridized carbons (Fsp3) is 0.200. The molecule has 0 spiro atoms. The predicted molar refractivity (Wildman–Crippen MR) is 124 cm³/mol. The first-order valence-electron chi connectivity index (χ1n) is 9.12. The molecule has 2 aromatic carbocycles. The van der Waals surface area contributed by atoms with Gasteiger partial charge in [0.15, 0.2) is 11.1 Å². The molecule has 164 valence electrons. The van der Waals surface area contributed by atoms with Gasteiger partial charge >= 0.3 is 0 Å². The summed E-state index contributed by atoms with van der Waals surface area (Å²) in [7, 11) is -0.146. The molecule has 0 bridgehead atoms. The number of nitrogens with zero attached hydrogens (tertiary/aromatic N) is 1. The van der Waals surface area contributed by atoms with Gasteiger partial charge in [-0.15, -0.1) is 11.3 Å². The van der Waals surface area contributed by atoms with E-state index in [1.54, 1.807) is 38.5 Å². The molecule has 0 aliphatic heterocycles. The van der Waals surface area contributed by atoms with Gasteiger partial charge in [0, 0.05) is 16.6 Å². The normalized spacial score (nSPS) is 10.9. The van der Waals surface area contributed by atoms with Crippen molar-refractivity contribution in [3.05, 3.63) is 53.4 Å². The minimum Gasteiger partial charge on any atom is -0.496 e. The number of ether oxygens (including phenoxy) is 2. The zero-order chi connectivity index (χ0) is 22.4. The Bertz CT molecular complexity index is 1140. The Hall–Kier alpha value is -3.31. The number of sulfonamides is 1. The first kappa shape index (κ1) is 22.4. The second-order valence-corrected chi connectivity index (χ2v) is 9.09. The van der Waals surface area contributed by atoms with Crippen LogP contribution in [0.5, 0.6) is 11.5 Å². The number of thiazole rings is 1. The number of guanidine groups is 1. The van der Waals surface area contributed by atoms with Gasteiger partial charge < -0.3 is 20.1 Å². The molecule has 4 N–H and O–H groups in total. The molecule has 0 saturated heterocycles. The molecule has 0 atom stereocenters. The second-order valence-electron chi connectivity index (χ2n) is 6.48. The lowest BCUT2D eigenvalue weighted by atomic mass is 10.1. The minimum atomic E-state index is -3.32. The number of methoxy groups -OCH3 is 2. The molecule has 0 radical (unpaired) electrons. The summed E-state index contributed by atoms with van der Waals surface area (Å²) in [6.45, 7) is 0.339. The van der Waals surface area contributed by atoms with Gasteiger partial charge in [-0.2, -0.15) is 0 Å². The number of anilines is 2. The molecule has 9 nitrogen and oxygen atoms in total. The molecule has 3 rings (SSSR count). The van der Waals surface area contributed by atoms with Gasteiger partial charge in [0.2, 0.25) is 10.0 Å². The van der Waals surface area contributed by atoms with Gasteiger partial charge in [-0.1, -0.05) is 18.2 Å². The summed E-state index contributed by atoms with van der Waals surface area (Å²) in [6, 6.07) is 12.4. The van der Waals surface area contributed by atoms with Gasteiger partial charge in [0.05, 0.1) is 38.3 Å². The molecule has 3 aromatic rings. The second kappa shape index (κ2) is 9.67. The highest BCUT2D eigenvalue weighted by Crippen LogP contribution is 2.28. The van der Waals surface area contributed by atoms with Crippen LogP contribution < -0.4 is 24.8 Å². The third-order valence-electron chi connectivity index (χ3n) is 4.19. The van der Waals surface area contributed by atoms with Crippen molar-refractivity contribution in [2.75, 3.05) is 30.5 Å². The molecular weight excluding hydrogens is 438 g/mol. The number of hydrogen-bond acceptors (Lipinski definition) is 7. The van der Waals surface area contributed by atoms with E-state index in [2.05, 4.69) is 20.3 Å². The number of nitrogens with one attached hydrogen (secondary N) is 4. The minimum absolute atomic E-state index is 0.0848. The van der Waals surface area contributed by atoms with Crippen molar-refractivity contribution in [2.24, 2.45) is 0 Å². The van der Waals surface area contributed by atoms with Crippen molar-refractivity contribution < 1.29 is 17.9 Å². The monoisotopic (exact) mass is 461 g/mol. The van der Waals surface area contributed by atoms with Crippen LogP contribution in [0.4, 0.5) is 10.8 Å². The Morgan fingerprint density at radius 3 is 2.32 bits per heavy atom. The largest absolute Gasteiger partial charge is 0.496 e. The van der Waals surface area contributed by atoms with Crippen molar-refractivity contribution in [3.8, 4) is 22.8 Å². The van der Waals surface area contributed by atoms with Gasteiger partial charge in [-0.25, -0.2) is 13.4 Å². The summed E-state index contributed by atoms with van der Waals surface area (Å²) in [5.41, 5.74) is 2.85. The molecule has 31 heavy (non-hydrogen) atoms. The maximum Gasteiger partial charge on any atom is 0.229 e. The van der Waals surface area contributed by atoms with E-state index in [4.69, 9.17) is 14.9 Å². The zero-order valence-corrected chi connectivity index (χ0v) is 18.9. The standard InChI is InChI=1S/C20H23N5O4S2/c1-28-17-5-4-6-18(29-2)15(17)11-22-19(21)24-20-23-16(12-30-20)13-7-9-14(10-8-13)25-31(3,26)27/h4-10,12,25H,11H2,1-3H3,(H3,21,22,23,24). The molecule has 1 aromatic heterocycles. The highest BCUT2D eigenvalue weighted by atomic mass is 32.2. The van der Waals surface area contributed by atoms with E-state index in [0.717, 1.165) is 23.1 Å². The van der Waals surface area contributed by atoms with Crippen LogP contribution in [0.3, 0.4) is 0 Å². The third kappa shape index (κ3) is 6.09. The molecule has 0 aliphatic carbocycles. The van der Waals surface area contributed by atoms with Crippen molar-refractivity contribution in [1.29, 1.82) is 5.41 Å². The van der Waals surface area contributed by atoms with Crippen LogP contribution in [-0.4, -0.2) is 39.8 Å². The average Bonchev–Trinajstić information content (AvgIpc) is 3.19. The van der Waals surface area contributed by atoms with Crippen molar-refractivity contribution in [3.63, 3.8) is 0 Å². The van der Waals surface area contributed by atoms with Gasteiger partial charge in [0.1, 0.15) is 11.5 Å². The van der Waals surface area contributed by atoms with Crippen LogP contribution >= 0.6 is 11.3 Å². The number of rotatable bonds is 8. The highest BCUT2D eigenvalue weighted by molar-refractivity contribution is 7.92. The zero-order valence-electron chi connectivity index (χ0n) is 17.2. The summed E-state index contributed by atoms with van der Waals surface area (Å²) in [5.74, 6) is 1.43. The lowest BCUT2D eigenvalue weighted by molar-refractivity contribution is 0.384. The van der Waals surface area contributed by atoms with E-state index >= 15 is 0 Å². The quantitative estimate of drug-likeness (QED) is 0.299. The Morgan fingerprint density at radius 2 is 1.74 bits per heavy atom. The van der Waals surface area contributed by atoms with Crippen molar-refractivity contribution in [1.82, 2.24) is 10.3 Å². The summed E-state index contributed by atoms with van der Waals surface area (Å²) >= 11 is 1.36.